The molecule has 26 heavy (non-hydrogen) atoms. The number of thiophene rings is 1. The molecule has 0 unspecified atom stereocenters. The fourth-order valence-corrected chi connectivity index (χ4v) is 7.60. The normalized spacial score (nSPS) is 15.0. The van der Waals surface area contributed by atoms with Crippen LogP contribution in [0.2, 0.25) is 0 Å². The van der Waals surface area contributed by atoms with Crippen LogP contribution in [0.15, 0.2) is 44.4 Å². The SMILES string of the molecule is COc1cccc(-c2nc3c(s2)CN(S(=O)(=O)c2ccc(Br)s2)CC3)c1. The number of benzene rings is 1. The molecule has 2 aromatic heterocycles. The molecule has 3 aromatic rings. The number of ether oxygens (including phenoxy) is 1. The van der Waals surface area contributed by atoms with Crippen LogP contribution >= 0.6 is 38.6 Å². The molecule has 0 saturated heterocycles. The Kier molecular flexibility index (Phi) is 4.91. The summed E-state index contributed by atoms with van der Waals surface area (Å²) in [5.41, 5.74) is 1.98. The molecule has 0 fully saturated rings. The van der Waals surface area contributed by atoms with Gasteiger partial charge in [0.1, 0.15) is 15.0 Å². The molecule has 0 radical (unpaired) electrons. The molecule has 0 amide bonds. The molecule has 5 nitrogen and oxygen atoms in total. The number of sulfonamides is 1. The highest BCUT2D eigenvalue weighted by Crippen LogP contribution is 2.36. The number of hydrogen-bond donors (Lipinski definition) is 0. The molecular formula is C17H15BrN2O3S3. The predicted octanol–water partition coefficient (Wildman–Crippen LogP) is 4.39. The maximum absolute atomic E-state index is 12.9. The highest BCUT2D eigenvalue weighted by Gasteiger charge is 2.31. The van der Waals surface area contributed by atoms with Gasteiger partial charge in [-0.1, -0.05) is 12.1 Å². The van der Waals surface area contributed by atoms with Crippen molar-refractivity contribution in [3.63, 3.8) is 0 Å². The summed E-state index contributed by atoms with van der Waals surface area (Å²) in [5.74, 6) is 0.781. The molecule has 4 rings (SSSR count). The summed E-state index contributed by atoms with van der Waals surface area (Å²) in [6.07, 6.45) is 0.627. The summed E-state index contributed by atoms with van der Waals surface area (Å²) in [6, 6.07) is 11.2. The number of halogens is 1. The first-order valence-electron chi connectivity index (χ1n) is 7.86. The number of hydrogen-bond acceptors (Lipinski definition) is 6. The van der Waals surface area contributed by atoms with Crippen molar-refractivity contribution >= 4 is 48.6 Å². The van der Waals surface area contributed by atoms with Crippen molar-refractivity contribution in [1.29, 1.82) is 0 Å². The van der Waals surface area contributed by atoms with Crippen molar-refractivity contribution in [2.24, 2.45) is 0 Å². The molecule has 0 saturated carbocycles. The van der Waals surface area contributed by atoms with Gasteiger partial charge in [-0.15, -0.1) is 22.7 Å². The summed E-state index contributed by atoms with van der Waals surface area (Å²) in [5, 5.41) is 0.895. The first kappa shape index (κ1) is 18.1. The molecule has 1 aliphatic heterocycles. The average molecular weight is 471 g/mol. The zero-order valence-electron chi connectivity index (χ0n) is 13.8. The highest BCUT2D eigenvalue weighted by atomic mass is 79.9. The van der Waals surface area contributed by atoms with Gasteiger partial charge < -0.3 is 4.74 Å². The van der Waals surface area contributed by atoms with Crippen LogP contribution in [0.25, 0.3) is 10.6 Å². The first-order valence-corrected chi connectivity index (χ1v) is 11.7. The van der Waals surface area contributed by atoms with E-state index < -0.39 is 10.0 Å². The maximum Gasteiger partial charge on any atom is 0.252 e. The zero-order valence-corrected chi connectivity index (χ0v) is 17.8. The van der Waals surface area contributed by atoms with Crippen LogP contribution in [0.3, 0.4) is 0 Å². The minimum Gasteiger partial charge on any atom is -0.497 e. The second-order valence-corrected chi connectivity index (χ2v) is 11.5. The summed E-state index contributed by atoms with van der Waals surface area (Å²) in [7, 11) is -1.83. The molecule has 0 atom stereocenters. The lowest BCUT2D eigenvalue weighted by atomic mass is 10.2. The van der Waals surface area contributed by atoms with E-state index in [0.29, 0.717) is 23.7 Å². The Morgan fingerprint density at radius 2 is 2.08 bits per heavy atom. The van der Waals surface area contributed by atoms with E-state index in [4.69, 9.17) is 9.72 Å². The fraction of sp³-hybridized carbons (Fsp3) is 0.235. The number of nitrogens with zero attached hydrogens (tertiary/aromatic N) is 2. The van der Waals surface area contributed by atoms with E-state index >= 15 is 0 Å². The number of fused-ring (bicyclic) bond motifs is 1. The van der Waals surface area contributed by atoms with Crippen molar-refractivity contribution in [2.45, 2.75) is 17.2 Å². The Morgan fingerprint density at radius 1 is 1.23 bits per heavy atom. The summed E-state index contributed by atoms with van der Waals surface area (Å²) in [6.45, 7) is 0.820. The monoisotopic (exact) mass is 470 g/mol. The van der Waals surface area contributed by atoms with Crippen LogP contribution in [0.4, 0.5) is 0 Å². The molecule has 0 spiro atoms. The molecule has 9 heteroatoms. The molecular weight excluding hydrogens is 456 g/mol. The van der Waals surface area contributed by atoms with Gasteiger partial charge in [0.05, 0.1) is 23.1 Å². The molecule has 0 N–H and O–H groups in total. The van der Waals surface area contributed by atoms with Crippen LogP contribution in [0.1, 0.15) is 10.6 Å². The Bertz CT molecular complexity index is 1060. The van der Waals surface area contributed by atoms with Crippen molar-refractivity contribution in [3.8, 4) is 16.3 Å². The van der Waals surface area contributed by atoms with Gasteiger partial charge in [-0.3, -0.25) is 0 Å². The smallest absolute Gasteiger partial charge is 0.252 e. The minimum atomic E-state index is -3.47. The molecule has 0 aliphatic carbocycles. The van der Waals surface area contributed by atoms with E-state index in [2.05, 4.69) is 15.9 Å². The summed E-state index contributed by atoms with van der Waals surface area (Å²) < 4.78 is 33.7. The van der Waals surface area contributed by atoms with Crippen LogP contribution < -0.4 is 4.74 Å². The molecule has 1 aliphatic rings. The Hall–Kier alpha value is -1.26. The topological polar surface area (TPSA) is 59.5 Å². The lowest BCUT2D eigenvalue weighted by Crippen LogP contribution is -2.35. The van der Waals surface area contributed by atoms with E-state index in [1.54, 1.807) is 34.9 Å². The van der Waals surface area contributed by atoms with Crippen LogP contribution in [0.5, 0.6) is 5.75 Å². The van der Waals surface area contributed by atoms with E-state index in [9.17, 15) is 8.42 Å². The van der Waals surface area contributed by atoms with Gasteiger partial charge in [0.15, 0.2) is 0 Å². The van der Waals surface area contributed by atoms with E-state index in [0.717, 1.165) is 30.7 Å². The van der Waals surface area contributed by atoms with Crippen molar-refractivity contribution in [1.82, 2.24) is 9.29 Å². The minimum absolute atomic E-state index is 0.366. The largest absolute Gasteiger partial charge is 0.497 e. The second-order valence-electron chi connectivity index (χ2n) is 5.77. The molecule has 0 bridgehead atoms. The van der Waals surface area contributed by atoms with Gasteiger partial charge in [-0.2, -0.15) is 4.31 Å². The quantitative estimate of drug-likeness (QED) is 0.567. The number of thiazole rings is 1. The van der Waals surface area contributed by atoms with Gasteiger partial charge in [0.2, 0.25) is 0 Å². The van der Waals surface area contributed by atoms with Gasteiger partial charge in [0.25, 0.3) is 10.0 Å². The van der Waals surface area contributed by atoms with Gasteiger partial charge in [0, 0.05) is 23.4 Å². The first-order chi connectivity index (χ1) is 12.5. The highest BCUT2D eigenvalue weighted by molar-refractivity contribution is 9.11. The van der Waals surface area contributed by atoms with Gasteiger partial charge in [-0.05, 0) is 40.2 Å². The van der Waals surface area contributed by atoms with Crippen LogP contribution in [-0.4, -0.2) is 31.4 Å². The van der Waals surface area contributed by atoms with Crippen LogP contribution in [-0.2, 0) is 23.0 Å². The third kappa shape index (κ3) is 3.34. The number of rotatable bonds is 4. The predicted molar refractivity (Wildman–Crippen MR) is 107 cm³/mol. The maximum atomic E-state index is 12.9. The van der Waals surface area contributed by atoms with Gasteiger partial charge in [-0.25, -0.2) is 13.4 Å². The lowest BCUT2D eigenvalue weighted by molar-refractivity contribution is 0.394. The summed E-state index contributed by atoms with van der Waals surface area (Å²) >= 11 is 6.12. The van der Waals surface area contributed by atoms with E-state index in [1.807, 2.05) is 24.3 Å². The van der Waals surface area contributed by atoms with Crippen molar-refractivity contribution in [3.05, 3.63) is 50.8 Å². The standard InChI is InChI=1S/C17H15BrN2O3S3/c1-23-12-4-2-3-11(9-12)17-19-13-7-8-20(10-14(13)24-17)26(21,22)16-6-5-15(18)25-16/h2-6,9H,7-8,10H2,1H3. The molecule has 136 valence electrons. The number of aromatic nitrogens is 1. The Balaban J connectivity index is 1.62. The fourth-order valence-electron chi connectivity index (χ4n) is 2.82. The Morgan fingerprint density at radius 3 is 2.81 bits per heavy atom. The number of methoxy groups -OCH3 is 1. The van der Waals surface area contributed by atoms with Crippen LogP contribution in [0, 0.1) is 0 Å². The molecule has 3 heterocycles. The van der Waals surface area contributed by atoms with Gasteiger partial charge >= 0.3 is 0 Å². The lowest BCUT2D eigenvalue weighted by Gasteiger charge is -2.24. The van der Waals surface area contributed by atoms with E-state index in [-0.39, 0.29) is 0 Å². The average Bonchev–Trinajstić information content (AvgIpc) is 3.27. The van der Waals surface area contributed by atoms with E-state index in [1.165, 1.54) is 11.3 Å². The zero-order chi connectivity index (χ0) is 18.3. The second kappa shape index (κ2) is 7.05. The third-order valence-electron chi connectivity index (χ3n) is 4.16. The molecule has 1 aromatic carbocycles. The van der Waals surface area contributed by atoms with Crippen molar-refractivity contribution in [2.75, 3.05) is 13.7 Å². The third-order valence-corrected chi connectivity index (χ3v) is 9.22. The summed E-state index contributed by atoms with van der Waals surface area (Å²) in [4.78, 5) is 5.73. The Labute approximate surface area is 168 Å². The van der Waals surface area contributed by atoms with Crippen molar-refractivity contribution < 1.29 is 13.2 Å².